The van der Waals surface area contributed by atoms with Crippen molar-refractivity contribution in [2.45, 2.75) is 38.1 Å². The summed E-state index contributed by atoms with van der Waals surface area (Å²) < 4.78 is 24.6. The minimum absolute atomic E-state index is 0.0175. The van der Waals surface area contributed by atoms with Crippen molar-refractivity contribution in [1.29, 1.82) is 0 Å². The van der Waals surface area contributed by atoms with E-state index >= 15 is 0 Å². The molecule has 0 unspecified atom stereocenters. The molecule has 1 aliphatic rings. The lowest BCUT2D eigenvalue weighted by atomic mass is 10.1. The highest BCUT2D eigenvalue weighted by Gasteiger charge is 2.26. The van der Waals surface area contributed by atoms with Crippen LogP contribution in [0.5, 0.6) is 0 Å². The monoisotopic (exact) mass is 301 g/mol. The largest absolute Gasteiger partial charge is 0.353 e. The summed E-state index contributed by atoms with van der Waals surface area (Å²) in [4.78, 5) is 4.10. The smallest absolute Gasteiger partial charge is 0.158 e. The maximum atomic E-state index is 12.9. The number of aryl methyl sites for hydroxylation is 1. The Morgan fingerprint density at radius 2 is 2.05 bits per heavy atom. The van der Waals surface area contributed by atoms with E-state index in [2.05, 4.69) is 11.1 Å². The van der Waals surface area contributed by atoms with Gasteiger partial charge in [-0.15, -0.1) is 0 Å². The van der Waals surface area contributed by atoms with Crippen molar-refractivity contribution in [1.82, 2.24) is 4.98 Å². The van der Waals surface area contributed by atoms with E-state index in [1.165, 1.54) is 17.7 Å². The lowest BCUT2D eigenvalue weighted by Crippen LogP contribution is -2.13. The molecule has 1 aromatic carbocycles. The maximum absolute atomic E-state index is 12.9. The highest BCUT2D eigenvalue weighted by molar-refractivity contribution is 5.19. The molecule has 0 aliphatic carbocycles. The Kier molecular flexibility index (Phi) is 5.14. The van der Waals surface area contributed by atoms with Gasteiger partial charge in [-0.1, -0.05) is 18.2 Å². The number of pyridine rings is 1. The lowest BCUT2D eigenvalue weighted by Gasteiger charge is -2.14. The van der Waals surface area contributed by atoms with Crippen molar-refractivity contribution in [3.05, 3.63) is 65.7 Å². The molecule has 1 aromatic heterocycles. The zero-order valence-electron chi connectivity index (χ0n) is 12.5. The molecule has 1 fully saturated rings. The van der Waals surface area contributed by atoms with Crippen LogP contribution in [0.4, 0.5) is 4.39 Å². The molecule has 116 valence electrons. The molecule has 0 saturated carbocycles. The second-order valence-electron chi connectivity index (χ2n) is 5.52. The van der Waals surface area contributed by atoms with Gasteiger partial charge in [-0.2, -0.15) is 0 Å². The first-order chi connectivity index (χ1) is 10.8. The third-order valence-electron chi connectivity index (χ3n) is 3.86. The van der Waals surface area contributed by atoms with Crippen LogP contribution < -0.4 is 0 Å². The van der Waals surface area contributed by atoms with Crippen LogP contribution in [-0.4, -0.2) is 17.9 Å². The zero-order chi connectivity index (χ0) is 15.2. The van der Waals surface area contributed by atoms with Crippen LogP contribution in [-0.2, 0) is 15.9 Å². The fourth-order valence-electron chi connectivity index (χ4n) is 2.69. The van der Waals surface area contributed by atoms with Crippen molar-refractivity contribution in [2.75, 3.05) is 6.61 Å². The van der Waals surface area contributed by atoms with Gasteiger partial charge in [0.2, 0.25) is 0 Å². The summed E-state index contributed by atoms with van der Waals surface area (Å²) in [5.74, 6) is -0.218. The van der Waals surface area contributed by atoms with Crippen LogP contribution >= 0.6 is 0 Å². The van der Waals surface area contributed by atoms with Gasteiger partial charge in [0.25, 0.3) is 0 Å². The standard InChI is InChI=1S/C18H20FNO2/c19-16-7-5-15(6-8-16)17-9-10-18(22-17)21-12-2-4-14-3-1-11-20-13-14/h1,3,5-8,11,13,17-18H,2,4,9-10,12H2/t17-,18-/m0/s1. The van der Waals surface area contributed by atoms with Crippen molar-refractivity contribution >= 4 is 0 Å². The molecule has 22 heavy (non-hydrogen) atoms. The highest BCUT2D eigenvalue weighted by atomic mass is 19.1. The molecular weight excluding hydrogens is 281 g/mol. The van der Waals surface area contributed by atoms with Crippen LogP contribution in [0.1, 0.15) is 36.5 Å². The third kappa shape index (κ3) is 4.12. The predicted molar refractivity (Wildman–Crippen MR) is 81.8 cm³/mol. The van der Waals surface area contributed by atoms with E-state index in [4.69, 9.17) is 9.47 Å². The first kappa shape index (κ1) is 15.1. The van der Waals surface area contributed by atoms with Gasteiger partial charge in [-0.05, 0) is 48.6 Å². The number of hydrogen-bond acceptors (Lipinski definition) is 3. The number of rotatable bonds is 6. The van der Waals surface area contributed by atoms with Gasteiger partial charge >= 0.3 is 0 Å². The van der Waals surface area contributed by atoms with Gasteiger partial charge in [0.15, 0.2) is 6.29 Å². The Morgan fingerprint density at radius 1 is 1.18 bits per heavy atom. The minimum atomic E-state index is -0.218. The quantitative estimate of drug-likeness (QED) is 0.754. The van der Waals surface area contributed by atoms with E-state index in [-0.39, 0.29) is 18.2 Å². The number of benzene rings is 1. The number of hydrogen-bond donors (Lipinski definition) is 0. The molecule has 1 aliphatic heterocycles. The molecule has 0 bridgehead atoms. The Labute approximate surface area is 130 Å². The molecule has 2 heterocycles. The number of nitrogens with zero attached hydrogens (tertiary/aromatic N) is 1. The van der Waals surface area contributed by atoms with Crippen LogP contribution in [0.15, 0.2) is 48.8 Å². The fraction of sp³-hybridized carbons (Fsp3) is 0.389. The maximum Gasteiger partial charge on any atom is 0.158 e. The molecule has 2 atom stereocenters. The van der Waals surface area contributed by atoms with Gasteiger partial charge < -0.3 is 9.47 Å². The minimum Gasteiger partial charge on any atom is -0.353 e. The van der Waals surface area contributed by atoms with E-state index in [0.29, 0.717) is 6.61 Å². The third-order valence-corrected chi connectivity index (χ3v) is 3.86. The van der Waals surface area contributed by atoms with Crippen molar-refractivity contribution in [3.63, 3.8) is 0 Å². The number of aromatic nitrogens is 1. The Bertz CT molecular complexity index is 573. The molecule has 0 radical (unpaired) electrons. The van der Waals surface area contributed by atoms with Crippen LogP contribution in [0.2, 0.25) is 0 Å². The van der Waals surface area contributed by atoms with Gasteiger partial charge in [-0.3, -0.25) is 4.98 Å². The Hall–Kier alpha value is -1.78. The second kappa shape index (κ2) is 7.47. The first-order valence-corrected chi connectivity index (χ1v) is 7.73. The van der Waals surface area contributed by atoms with E-state index in [9.17, 15) is 4.39 Å². The molecule has 3 nitrogen and oxygen atoms in total. The molecule has 0 amide bonds. The molecule has 2 aromatic rings. The predicted octanol–water partition coefficient (Wildman–Crippen LogP) is 4.05. The van der Waals surface area contributed by atoms with Gasteiger partial charge in [0.05, 0.1) is 12.7 Å². The first-order valence-electron chi connectivity index (χ1n) is 7.73. The number of halogens is 1. The van der Waals surface area contributed by atoms with E-state index < -0.39 is 0 Å². The van der Waals surface area contributed by atoms with E-state index in [0.717, 1.165) is 31.2 Å². The number of ether oxygens (including phenoxy) is 2. The average Bonchev–Trinajstić information content (AvgIpc) is 3.02. The van der Waals surface area contributed by atoms with Crippen LogP contribution in [0.25, 0.3) is 0 Å². The van der Waals surface area contributed by atoms with Crippen LogP contribution in [0.3, 0.4) is 0 Å². The summed E-state index contributed by atoms with van der Waals surface area (Å²) in [6, 6.07) is 10.5. The molecule has 1 saturated heterocycles. The van der Waals surface area contributed by atoms with E-state index in [1.807, 2.05) is 12.3 Å². The summed E-state index contributed by atoms with van der Waals surface area (Å²) in [6.45, 7) is 0.676. The molecular formula is C18H20FNO2. The Morgan fingerprint density at radius 3 is 2.82 bits per heavy atom. The summed E-state index contributed by atoms with van der Waals surface area (Å²) in [7, 11) is 0. The van der Waals surface area contributed by atoms with Gasteiger partial charge in [-0.25, -0.2) is 4.39 Å². The molecule has 0 N–H and O–H groups in total. The average molecular weight is 301 g/mol. The zero-order valence-corrected chi connectivity index (χ0v) is 12.5. The van der Waals surface area contributed by atoms with Crippen molar-refractivity contribution < 1.29 is 13.9 Å². The summed E-state index contributed by atoms with van der Waals surface area (Å²) >= 11 is 0. The summed E-state index contributed by atoms with van der Waals surface area (Å²) in [5.41, 5.74) is 2.24. The summed E-state index contributed by atoms with van der Waals surface area (Å²) in [6.07, 6.45) is 7.24. The van der Waals surface area contributed by atoms with E-state index in [1.54, 1.807) is 18.3 Å². The van der Waals surface area contributed by atoms with Gasteiger partial charge in [0, 0.05) is 18.8 Å². The Balaban J connectivity index is 1.39. The SMILES string of the molecule is Fc1ccc([C@@H]2CC[C@@H](OCCCc3cccnc3)O2)cc1. The fourth-order valence-corrected chi connectivity index (χ4v) is 2.69. The normalized spacial score (nSPS) is 21.1. The summed E-state index contributed by atoms with van der Waals surface area (Å²) in [5, 5.41) is 0. The topological polar surface area (TPSA) is 31.4 Å². The molecule has 0 spiro atoms. The van der Waals surface area contributed by atoms with Crippen molar-refractivity contribution in [3.8, 4) is 0 Å². The molecule has 3 rings (SSSR count). The lowest BCUT2D eigenvalue weighted by molar-refractivity contribution is -0.135. The highest BCUT2D eigenvalue weighted by Crippen LogP contribution is 2.33. The van der Waals surface area contributed by atoms with Crippen molar-refractivity contribution in [2.24, 2.45) is 0 Å². The van der Waals surface area contributed by atoms with Crippen LogP contribution in [0, 0.1) is 5.82 Å². The van der Waals surface area contributed by atoms with Gasteiger partial charge in [0.1, 0.15) is 5.82 Å². The second-order valence-corrected chi connectivity index (χ2v) is 5.52. The molecule has 4 heteroatoms.